The molecule has 0 radical (unpaired) electrons. The van der Waals surface area contributed by atoms with E-state index in [0.717, 1.165) is 16.7 Å². The number of para-hydroxylation sites is 1. The van der Waals surface area contributed by atoms with E-state index < -0.39 is 0 Å². The first-order valence-electron chi connectivity index (χ1n) is 9.70. The molecule has 2 aliphatic heterocycles. The van der Waals surface area contributed by atoms with E-state index in [2.05, 4.69) is 6.08 Å². The Hall–Kier alpha value is -2.99. The zero-order valence-corrected chi connectivity index (χ0v) is 16.7. The highest BCUT2D eigenvalue weighted by atomic mass is 16.6. The van der Waals surface area contributed by atoms with E-state index in [1.165, 1.54) is 0 Å². The van der Waals surface area contributed by atoms with Gasteiger partial charge in [-0.25, -0.2) is 4.79 Å². The molecule has 0 aromatic heterocycles. The SMILES string of the molecule is COc1cccc(C2=CC3COCC(C2)N3C(=O)OCc2ccccc2)c1OC. The molecule has 2 aromatic rings. The van der Waals surface area contributed by atoms with Crippen molar-refractivity contribution in [1.82, 2.24) is 4.90 Å². The van der Waals surface area contributed by atoms with Gasteiger partial charge in [-0.1, -0.05) is 48.5 Å². The molecule has 152 valence electrons. The number of hydrogen-bond donors (Lipinski definition) is 0. The number of amides is 1. The average molecular weight is 395 g/mol. The molecule has 2 aromatic carbocycles. The van der Waals surface area contributed by atoms with E-state index in [9.17, 15) is 4.79 Å². The van der Waals surface area contributed by atoms with Gasteiger partial charge in [-0.3, -0.25) is 4.90 Å². The highest BCUT2D eigenvalue weighted by Gasteiger charge is 2.39. The molecule has 6 heteroatoms. The van der Waals surface area contributed by atoms with Crippen LogP contribution in [0.4, 0.5) is 4.79 Å². The molecule has 4 rings (SSSR count). The number of ether oxygens (including phenoxy) is 4. The van der Waals surface area contributed by atoms with Gasteiger partial charge in [0.05, 0.1) is 39.5 Å². The second-order valence-electron chi connectivity index (χ2n) is 7.14. The third kappa shape index (κ3) is 3.93. The minimum atomic E-state index is -0.305. The molecule has 2 atom stereocenters. The van der Waals surface area contributed by atoms with Crippen LogP contribution in [0.15, 0.2) is 54.6 Å². The van der Waals surface area contributed by atoms with E-state index >= 15 is 0 Å². The van der Waals surface area contributed by atoms with Gasteiger partial charge in [0.2, 0.25) is 0 Å². The van der Waals surface area contributed by atoms with Crippen LogP contribution >= 0.6 is 0 Å². The number of rotatable bonds is 5. The minimum Gasteiger partial charge on any atom is -0.493 e. The van der Waals surface area contributed by atoms with Gasteiger partial charge >= 0.3 is 6.09 Å². The summed E-state index contributed by atoms with van der Waals surface area (Å²) in [5.74, 6) is 1.40. The first-order valence-corrected chi connectivity index (χ1v) is 9.70. The molecule has 0 saturated carbocycles. The summed E-state index contributed by atoms with van der Waals surface area (Å²) in [4.78, 5) is 14.6. The Balaban J connectivity index is 1.55. The fraction of sp³-hybridized carbons (Fsp3) is 0.348. The molecule has 29 heavy (non-hydrogen) atoms. The number of carbonyl (C=O) groups is 1. The van der Waals surface area contributed by atoms with Crippen molar-refractivity contribution in [3.05, 3.63) is 65.7 Å². The molecule has 0 spiro atoms. The standard InChI is InChI=1S/C23H25NO5/c1-26-21-10-6-9-20(22(21)27-2)17-11-18-14-28-15-19(12-17)24(18)23(25)29-13-16-7-4-3-5-8-16/h3-11,18-19H,12-15H2,1-2H3. The Kier molecular flexibility index (Phi) is 5.71. The third-order valence-electron chi connectivity index (χ3n) is 5.36. The van der Waals surface area contributed by atoms with Crippen LogP contribution in [0.5, 0.6) is 11.5 Å². The van der Waals surface area contributed by atoms with Crippen molar-refractivity contribution in [2.24, 2.45) is 0 Å². The zero-order chi connectivity index (χ0) is 20.2. The lowest BCUT2D eigenvalue weighted by Crippen LogP contribution is -2.56. The summed E-state index contributed by atoms with van der Waals surface area (Å²) in [6, 6.07) is 15.3. The highest BCUT2D eigenvalue weighted by Crippen LogP contribution is 2.40. The van der Waals surface area contributed by atoms with Crippen LogP contribution in [-0.4, -0.2) is 50.5 Å². The van der Waals surface area contributed by atoms with Crippen molar-refractivity contribution in [2.45, 2.75) is 25.1 Å². The van der Waals surface area contributed by atoms with E-state index in [1.807, 2.05) is 53.4 Å². The number of hydrogen-bond acceptors (Lipinski definition) is 5. The fourth-order valence-electron chi connectivity index (χ4n) is 4.01. The van der Waals surface area contributed by atoms with Crippen LogP contribution in [0.2, 0.25) is 0 Å². The van der Waals surface area contributed by atoms with E-state index in [-0.39, 0.29) is 24.8 Å². The number of nitrogens with zero attached hydrogens (tertiary/aromatic N) is 1. The predicted octanol–water partition coefficient (Wildman–Crippen LogP) is 3.90. The van der Waals surface area contributed by atoms with Crippen LogP contribution in [0.3, 0.4) is 0 Å². The van der Waals surface area contributed by atoms with Crippen molar-refractivity contribution < 1.29 is 23.7 Å². The monoisotopic (exact) mass is 395 g/mol. The molecule has 2 aliphatic rings. The number of methoxy groups -OCH3 is 2. The second-order valence-corrected chi connectivity index (χ2v) is 7.14. The summed E-state index contributed by atoms with van der Waals surface area (Å²) in [5.41, 5.74) is 3.09. The first-order chi connectivity index (χ1) is 14.2. The maximum Gasteiger partial charge on any atom is 0.411 e. The van der Waals surface area contributed by atoms with Crippen LogP contribution in [-0.2, 0) is 16.1 Å². The lowest BCUT2D eigenvalue weighted by Gasteiger charge is -2.43. The molecular formula is C23H25NO5. The maximum absolute atomic E-state index is 12.8. The van der Waals surface area contributed by atoms with Gasteiger partial charge in [-0.15, -0.1) is 0 Å². The number of fused-ring (bicyclic) bond motifs is 2. The molecule has 2 bridgehead atoms. The Morgan fingerprint density at radius 2 is 1.90 bits per heavy atom. The van der Waals surface area contributed by atoms with Crippen molar-refractivity contribution in [1.29, 1.82) is 0 Å². The molecule has 2 unspecified atom stereocenters. The number of morpholine rings is 1. The van der Waals surface area contributed by atoms with Crippen LogP contribution in [0, 0.1) is 0 Å². The average Bonchev–Trinajstić information content (AvgIpc) is 2.76. The number of benzene rings is 2. The molecule has 2 heterocycles. The summed E-state index contributed by atoms with van der Waals surface area (Å²) in [7, 11) is 3.27. The van der Waals surface area contributed by atoms with E-state index in [1.54, 1.807) is 14.2 Å². The van der Waals surface area contributed by atoms with Gasteiger partial charge in [0, 0.05) is 5.56 Å². The molecule has 6 nitrogen and oxygen atoms in total. The predicted molar refractivity (Wildman–Crippen MR) is 109 cm³/mol. The van der Waals surface area contributed by atoms with Gasteiger partial charge in [0.15, 0.2) is 11.5 Å². The Labute approximate surface area is 170 Å². The Morgan fingerprint density at radius 3 is 2.62 bits per heavy atom. The second kappa shape index (κ2) is 8.57. The normalized spacial score (nSPS) is 20.6. The van der Waals surface area contributed by atoms with Crippen molar-refractivity contribution in [2.75, 3.05) is 27.4 Å². The van der Waals surface area contributed by atoms with Crippen molar-refractivity contribution >= 4 is 11.7 Å². The lowest BCUT2D eigenvalue weighted by molar-refractivity contribution is -0.0342. The smallest absolute Gasteiger partial charge is 0.411 e. The highest BCUT2D eigenvalue weighted by molar-refractivity contribution is 5.78. The lowest BCUT2D eigenvalue weighted by atomic mass is 9.89. The quantitative estimate of drug-likeness (QED) is 0.769. The van der Waals surface area contributed by atoms with Gasteiger partial charge in [0.25, 0.3) is 0 Å². The van der Waals surface area contributed by atoms with Gasteiger partial charge in [0.1, 0.15) is 6.61 Å². The van der Waals surface area contributed by atoms with Crippen LogP contribution < -0.4 is 9.47 Å². The molecule has 0 N–H and O–H groups in total. The molecule has 1 amide bonds. The molecular weight excluding hydrogens is 370 g/mol. The van der Waals surface area contributed by atoms with Gasteiger partial charge < -0.3 is 18.9 Å². The van der Waals surface area contributed by atoms with Crippen LogP contribution in [0.25, 0.3) is 5.57 Å². The fourth-order valence-corrected chi connectivity index (χ4v) is 4.01. The largest absolute Gasteiger partial charge is 0.493 e. The Morgan fingerprint density at radius 1 is 1.07 bits per heavy atom. The minimum absolute atomic E-state index is 0.0760. The van der Waals surface area contributed by atoms with Gasteiger partial charge in [-0.05, 0) is 23.6 Å². The summed E-state index contributed by atoms with van der Waals surface area (Å²) in [5, 5.41) is 0. The Bertz CT molecular complexity index is 895. The van der Waals surface area contributed by atoms with Crippen LogP contribution in [0.1, 0.15) is 17.5 Å². The van der Waals surface area contributed by atoms with Gasteiger partial charge in [-0.2, -0.15) is 0 Å². The molecule has 1 saturated heterocycles. The topological polar surface area (TPSA) is 57.2 Å². The van der Waals surface area contributed by atoms with Crippen molar-refractivity contribution in [3.63, 3.8) is 0 Å². The summed E-state index contributed by atoms with van der Waals surface area (Å²) in [6.07, 6.45) is 2.44. The maximum atomic E-state index is 12.8. The summed E-state index contributed by atoms with van der Waals surface area (Å²) >= 11 is 0. The van der Waals surface area contributed by atoms with E-state index in [4.69, 9.17) is 18.9 Å². The summed E-state index contributed by atoms with van der Waals surface area (Å²) in [6.45, 7) is 1.20. The van der Waals surface area contributed by atoms with Crippen molar-refractivity contribution in [3.8, 4) is 11.5 Å². The number of carbonyl (C=O) groups excluding carboxylic acids is 1. The zero-order valence-electron chi connectivity index (χ0n) is 16.7. The van der Waals surface area contributed by atoms with E-state index in [0.29, 0.717) is 31.1 Å². The molecule has 0 aliphatic carbocycles. The third-order valence-corrected chi connectivity index (χ3v) is 5.36. The first kappa shape index (κ1) is 19.3. The molecule has 1 fully saturated rings. The summed E-state index contributed by atoms with van der Waals surface area (Å²) < 4.78 is 22.3.